The van der Waals surface area contributed by atoms with Crippen LogP contribution in [0.2, 0.25) is 0 Å². The number of benzene rings is 8. The first-order valence-corrected chi connectivity index (χ1v) is 16.9. The van der Waals surface area contributed by atoms with Crippen molar-refractivity contribution in [1.82, 2.24) is 15.0 Å². The van der Waals surface area contributed by atoms with Crippen LogP contribution in [0.4, 0.5) is 0 Å². The van der Waals surface area contributed by atoms with Gasteiger partial charge in [-0.25, -0.2) is 15.0 Å². The Morgan fingerprint density at radius 1 is 0.260 bits per heavy atom. The summed E-state index contributed by atoms with van der Waals surface area (Å²) in [6, 6.07) is 66.0. The number of nitrogens with zero attached hydrogens (tertiary/aromatic N) is 3. The lowest BCUT2D eigenvalue weighted by Crippen LogP contribution is -2.00. The summed E-state index contributed by atoms with van der Waals surface area (Å²) in [4.78, 5) is 15.1. The molecule has 0 spiro atoms. The van der Waals surface area contributed by atoms with E-state index in [1.165, 1.54) is 33.4 Å². The summed E-state index contributed by atoms with van der Waals surface area (Å²) in [6.45, 7) is 0. The second kappa shape index (κ2) is 12.7. The summed E-state index contributed by atoms with van der Waals surface area (Å²) in [5.74, 6) is 1.96. The van der Waals surface area contributed by atoms with E-state index in [9.17, 15) is 0 Å². The molecule has 0 unspecified atom stereocenters. The van der Waals surface area contributed by atoms with Crippen LogP contribution in [0.3, 0.4) is 0 Å². The number of hydrogen-bond acceptors (Lipinski definition) is 3. The van der Waals surface area contributed by atoms with Crippen molar-refractivity contribution in [3.63, 3.8) is 0 Å². The van der Waals surface area contributed by atoms with Gasteiger partial charge in [0.15, 0.2) is 17.5 Å². The highest BCUT2D eigenvalue weighted by molar-refractivity contribution is 5.99. The number of aromatic nitrogens is 3. The van der Waals surface area contributed by atoms with Gasteiger partial charge >= 0.3 is 0 Å². The lowest BCUT2D eigenvalue weighted by Gasteiger charge is -2.17. The van der Waals surface area contributed by atoms with E-state index in [2.05, 4.69) is 158 Å². The fraction of sp³-hybridized carbons (Fsp3) is 0. The van der Waals surface area contributed by atoms with Crippen molar-refractivity contribution in [2.75, 3.05) is 0 Å². The molecule has 0 amide bonds. The zero-order chi connectivity index (χ0) is 33.3. The van der Waals surface area contributed by atoms with Gasteiger partial charge in [0.2, 0.25) is 0 Å². The van der Waals surface area contributed by atoms with Crippen molar-refractivity contribution < 1.29 is 0 Å². The fourth-order valence-electron chi connectivity index (χ4n) is 6.88. The summed E-state index contributed by atoms with van der Waals surface area (Å²) in [7, 11) is 0. The first kappa shape index (κ1) is 29.4. The van der Waals surface area contributed by atoms with E-state index < -0.39 is 0 Å². The minimum Gasteiger partial charge on any atom is -0.208 e. The Kier molecular flexibility index (Phi) is 7.49. The van der Waals surface area contributed by atoms with E-state index in [0.717, 1.165) is 38.2 Å². The average molecular weight is 638 g/mol. The molecule has 50 heavy (non-hydrogen) atoms. The Morgan fingerprint density at radius 3 is 1.38 bits per heavy atom. The summed E-state index contributed by atoms with van der Waals surface area (Å²) in [5, 5.41) is 4.54. The Labute approximate surface area is 291 Å². The van der Waals surface area contributed by atoms with E-state index >= 15 is 0 Å². The van der Waals surface area contributed by atoms with E-state index in [0.29, 0.717) is 17.5 Å². The largest absolute Gasteiger partial charge is 0.208 e. The third-order valence-electron chi connectivity index (χ3n) is 9.32. The zero-order valence-corrected chi connectivity index (χ0v) is 27.2. The van der Waals surface area contributed by atoms with Crippen LogP contribution < -0.4 is 0 Å². The molecule has 0 aliphatic carbocycles. The molecule has 234 valence electrons. The lowest BCUT2D eigenvalue weighted by molar-refractivity contribution is 1.08. The molecule has 0 N–H and O–H groups in total. The monoisotopic (exact) mass is 637 g/mol. The smallest absolute Gasteiger partial charge is 0.164 e. The maximum Gasteiger partial charge on any atom is 0.164 e. The summed E-state index contributed by atoms with van der Waals surface area (Å²) in [5.41, 5.74) is 10.1. The SMILES string of the molecule is c1ccc(-c2nc(-c3ccc4cc(-c5c(-c6ccccc6)cccc5-c5ccccc5)ccc4c3)nc(-c3cccc4ccccc34)n2)cc1. The van der Waals surface area contributed by atoms with Gasteiger partial charge < -0.3 is 0 Å². The summed E-state index contributed by atoms with van der Waals surface area (Å²) in [6.07, 6.45) is 0. The Hall–Kier alpha value is -6.71. The van der Waals surface area contributed by atoms with Crippen LogP contribution in [0.5, 0.6) is 0 Å². The summed E-state index contributed by atoms with van der Waals surface area (Å²) < 4.78 is 0. The van der Waals surface area contributed by atoms with Gasteiger partial charge in [0, 0.05) is 16.7 Å². The zero-order valence-electron chi connectivity index (χ0n) is 27.2. The second-order valence-electron chi connectivity index (χ2n) is 12.4. The van der Waals surface area contributed by atoms with Gasteiger partial charge in [-0.2, -0.15) is 0 Å². The summed E-state index contributed by atoms with van der Waals surface area (Å²) >= 11 is 0. The van der Waals surface area contributed by atoms with Crippen molar-refractivity contribution in [2.24, 2.45) is 0 Å². The van der Waals surface area contributed by atoms with Gasteiger partial charge in [0.1, 0.15) is 0 Å². The predicted molar refractivity (Wildman–Crippen MR) is 207 cm³/mol. The molecule has 0 atom stereocenters. The standard InChI is InChI=1S/C47H31N3/c1-4-14-33(15-5-1)41-23-13-24-42(34-16-6-2-7-17-34)44(41)38-28-26-37-31-39(29-27-36(37)30-38)46-48-45(35-19-8-3-9-20-35)49-47(50-46)43-25-12-21-32-18-10-11-22-40(32)43/h1-31H. The highest BCUT2D eigenvalue weighted by Gasteiger charge is 2.17. The van der Waals surface area contributed by atoms with Gasteiger partial charge in [-0.15, -0.1) is 0 Å². The van der Waals surface area contributed by atoms with Crippen molar-refractivity contribution >= 4 is 21.5 Å². The molecule has 0 bridgehead atoms. The average Bonchev–Trinajstić information content (AvgIpc) is 3.20. The lowest BCUT2D eigenvalue weighted by atomic mass is 9.87. The molecule has 0 saturated carbocycles. The molecule has 3 heteroatoms. The van der Waals surface area contributed by atoms with Crippen molar-refractivity contribution in [3.8, 4) is 67.5 Å². The van der Waals surface area contributed by atoms with Gasteiger partial charge in [-0.05, 0) is 67.1 Å². The molecule has 1 heterocycles. The van der Waals surface area contributed by atoms with Crippen LogP contribution in [0.15, 0.2) is 188 Å². The fourth-order valence-corrected chi connectivity index (χ4v) is 6.88. The van der Waals surface area contributed by atoms with Gasteiger partial charge in [-0.3, -0.25) is 0 Å². The molecule has 0 radical (unpaired) electrons. The van der Waals surface area contributed by atoms with Crippen LogP contribution in [-0.4, -0.2) is 15.0 Å². The molecule has 8 aromatic carbocycles. The molecule has 1 aromatic heterocycles. The minimum atomic E-state index is 0.647. The molecular weight excluding hydrogens is 607 g/mol. The first-order valence-electron chi connectivity index (χ1n) is 16.9. The normalized spacial score (nSPS) is 11.2. The van der Waals surface area contributed by atoms with Crippen molar-refractivity contribution in [1.29, 1.82) is 0 Å². The highest BCUT2D eigenvalue weighted by atomic mass is 15.0. The maximum atomic E-state index is 5.09. The van der Waals surface area contributed by atoms with Crippen LogP contribution in [0.1, 0.15) is 0 Å². The van der Waals surface area contributed by atoms with E-state index in [1.54, 1.807) is 0 Å². The van der Waals surface area contributed by atoms with Crippen LogP contribution >= 0.6 is 0 Å². The van der Waals surface area contributed by atoms with E-state index in [4.69, 9.17) is 15.0 Å². The topological polar surface area (TPSA) is 38.7 Å². The second-order valence-corrected chi connectivity index (χ2v) is 12.4. The van der Waals surface area contributed by atoms with Gasteiger partial charge in [0.25, 0.3) is 0 Å². The van der Waals surface area contributed by atoms with E-state index in [-0.39, 0.29) is 0 Å². The molecule has 0 fully saturated rings. The third-order valence-corrected chi connectivity index (χ3v) is 9.32. The maximum absolute atomic E-state index is 5.09. The van der Waals surface area contributed by atoms with Crippen LogP contribution in [-0.2, 0) is 0 Å². The molecule has 0 saturated heterocycles. The van der Waals surface area contributed by atoms with Gasteiger partial charge in [-0.1, -0.05) is 176 Å². The first-order chi connectivity index (χ1) is 24.8. The molecule has 0 aliphatic rings. The molecule has 0 aliphatic heterocycles. The van der Waals surface area contributed by atoms with Gasteiger partial charge in [0.05, 0.1) is 0 Å². The van der Waals surface area contributed by atoms with Crippen molar-refractivity contribution in [2.45, 2.75) is 0 Å². The predicted octanol–water partition coefficient (Wildman–Crippen LogP) is 12.2. The van der Waals surface area contributed by atoms with E-state index in [1.807, 2.05) is 30.3 Å². The van der Waals surface area contributed by atoms with Crippen molar-refractivity contribution in [3.05, 3.63) is 188 Å². The minimum absolute atomic E-state index is 0.647. The number of hydrogen-bond donors (Lipinski definition) is 0. The number of fused-ring (bicyclic) bond motifs is 2. The van der Waals surface area contributed by atoms with Crippen LogP contribution in [0, 0.1) is 0 Å². The van der Waals surface area contributed by atoms with Crippen LogP contribution in [0.25, 0.3) is 89.1 Å². The Balaban J connectivity index is 1.19. The molecule has 3 nitrogen and oxygen atoms in total. The number of rotatable bonds is 6. The third kappa shape index (κ3) is 5.51. The highest BCUT2D eigenvalue weighted by Crippen LogP contribution is 2.41. The molecule has 9 aromatic rings. The quantitative estimate of drug-likeness (QED) is 0.182. The Bertz CT molecular complexity index is 2570. The Morgan fingerprint density at radius 2 is 0.720 bits per heavy atom. The molecular formula is C47H31N3. The molecule has 9 rings (SSSR count).